The molecule has 0 bridgehead atoms. The third-order valence-electron chi connectivity index (χ3n) is 5.03. The number of hydrogen-bond acceptors (Lipinski definition) is 2. The van der Waals surface area contributed by atoms with E-state index in [1.807, 2.05) is 60.9 Å². The van der Waals surface area contributed by atoms with Gasteiger partial charge in [-0.3, -0.25) is 14.5 Å². The Hall–Kier alpha value is -2.74. The number of imide groups is 1. The fraction of sp³-hybridized carbons (Fsp3) is 0.250. The van der Waals surface area contributed by atoms with E-state index in [1.165, 1.54) is 10.5 Å². The minimum absolute atomic E-state index is 0.0624. The minimum atomic E-state index is -10.7. The zero-order chi connectivity index (χ0) is 23.1. The molecule has 2 heterocycles. The van der Waals surface area contributed by atoms with Crippen molar-refractivity contribution >= 4 is 31.0 Å². The van der Waals surface area contributed by atoms with E-state index in [0.29, 0.717) is 18.5 Å². The van der Waals surface area contributed by atoms with Crippen LogP contribution in [0.15, 0.2) is 66.5 Å². The summed E-state index contributed by atoms with van der Waals surface area (Å²) in [5.74, 6) is -0.625. The Balaban J connectivity index is 0.000000339. The summed E-state index contributed by atoms with van der Waals surface area (Å²) in [5.41, 5.74) is 2.99. The number of amides is 2. The molecule has 1 aliphatic carbocycles. The molecule has 1 fully saturated rings. The average molecular weight is 464 g/mol. The standard InChI is InChI=1S/C20H19N2O2.F6P/c1-14-12-16-17(13-18(14)21-10-6-3-7-11-21)20(24)22(19(16)23)15-8-4-2-5-9-15;1-7(2,3,4,5)6/h2-11,16-17H,12-13H2,1H3;/q+1;-1. The Labute approximate surface area is 174 Å². The van der Waals surface area contributed by atoms with Gasteiger partial charge in [0.15, 0.2) is 18.1 Å². The maximum atomic E-state index is 12.9. The van der Waals surface area contributed by atoms with Crippen LogP contribution in [-0.2, 0) is 9.59 Å². The molecule has 1 aromatic carbocycles. The van der Waals surface area contributed by atoms with Crippen molar-refractivity contribution in [3.05, 3.63) is 66.5 Å². The summed E-state index contributed by atoms with van der Waals surface area (Å²) in [4.78, 5) is 27.1. The average Bonchev–Trinajstić information content (AvgIpc) is 2.90. The van der Waals surface area contributed by atoms with Crippen LogP contribution in [0.3, 0.4) is 0 Å². The van der Waals surface area contributed by atoms with E-state index < -0.39 is 7.81 Å². The second-order valence-corrected chi connectivity index (χ2v) is 9.35. The van der Waals surface area contributed by atoms with Crippen molar-refractivity contribution in [3.63, 3.8) is 0 Å². The van der Waals surface area contributed by atoms with Gasteiger partial charge in [-0.2, -0.15) is 4.57 Å². The van der Waals surface area contributed by atoms with Crippen molar-refractivity contribution in [1.29, 1.82) is 0 Å². The Morgan fingerprint density at radius 1 is 0.806 bits per heavy atom. The number of benzene rings is 1. The van der Waals surface area contributed by atoms with Gasteiger partial charge in [0.2, 0.25) is 11.8 Å². The first kappa shape index (κ1) is 22.9. The predicted molar refractivity (Wildman–Crippen MR) is 104 cm³/mol. The maximum absolute atomic E-state index is 12.9. The van der Waals surface area contributed by atoms with E-state index >= 15 is 0 Å². The molecule has 4 rings (SSSR count). The van der Waals surface area contributed by atoms with Crippen LogP contribution >= 0.6 is 7.81 Å². The van der Waals surface area contributed by atoms with Crippen LogP contribution in [0.2, 0.25) is 0 Å². The summed E-state index contributed by atoms with van der Waals surface area (Å²) in [7, 11) is -10.7. The normalized spacial score (nSPS) is 23.5. The number of carbonyl (C=O) groups is 2. The van der Waals surface area contributed by atoms with Crippen molar-refractivity contribution in [2.24, 2.45) is 11.8 Å². The summed E-state index contributed by atoms with van der Waals surface area (Å²) in [5, 5.41) is 0. The van der Waals surface area contributed by atoms with Crippen molar-refractivity contribution < 1.29 is 39.3 Å². The number of pyridine rings is 1. The predicted octanol–water partition coefficient (Wildman–Crippen LogP) is 6.19. The third kappa shape index (κ3) is 6.13. The first-order valence-electron chi connectivity index (χ1n) is 9.26. The van der Waals surface area contributed by atoms with Crippen molar-refractivity contribution in [2.45, 2.75) is 19.8 Å². The number of halogens is 6. The van der Waals surface area contributed by atoms with Crippen LogP contribution < -0.4 is 9.47 Å². The first-order chi connectivity index (χ1) is 14.1. The van der Waals surface area contributed by atoms with Gasteiger partial charge in [-0.25, -0.2) is 0 Å². The zero-order valence-corrected chi connectivity index (χ0v) is 17.2. The molecule has 2 aromatic rings. The molecule has 31 heavy (non-hydrogen) atoms. The number of nitrogens with zero attached hydrogens (tertiary/aromatic N) is 2. The summed E-state index contributed by atoms with van der Waals surface area (Å²) < 4.78 is 61.3. The molecule has 168 valence electrons. The second-order valence-electron chi connectivity index (χ2n) is 7.44. The van der Waals surface area contributed by atoms with Gasteiger partial charge in [0.05, 0.1) is 17.5 Å². The van der Waals surface area contributed by atoms with Crippen LogP contribution in [0.4, 0.5) is 30.9 Å². The van der Waals surface area contributed by atoms with Crippen LogP contribution in [0.5, 0.6) is 0 Å². The SMILES string of the molecule is CC1=C([n+]2ccccc2)CC2C(=O)N(c3ccccc3)C(=O)C2C1.F[P-](F)(F)(F)(F)F. The second kappa shape index (κ2) is 7.15. The molecule has 4 nitrogen and oxygen atoms in total. The number of para-hydroxylation sites is 1. The van der Waals surface area contributed by atoms with E-state index in [0.717, 1.165) is 5.70 Å². The molecule has 0 N–H and O–H groups in total. The summed E-state index contributed by atoms with van der Waals surface area (Å²) in [6, 6.07) is 15.2. The molecular formula is C20H19F6N2O2P. The number of anilines is 1. The van der Waals surface area contributed by atoms with Crippen molar-refractivity contribution in [3.8, 4) is 0 Å². The topological polar surface area (TPSA) is 41.3 Å². The molecule has 0 saturated carbocycles. The molecule has 2 aliphatic rings. The van der Waals surface area contributed by atoms with Gasteiger partial charge in [0.1, 0.15) is 0 Å². The van der Waals surface area contributed by atoms with E-state index in [-0.39, 0.29) is 23.7 Å². The monoisotopic (exact) mass is 464 g/mol. The van der Waals surface area contributed by atoms with Crippen molar-refractivity contribution in [1.82, 2.24) is 0 Å². The zero-order valence-electron chi connectivity index (χ0n) is 16.3. The van der Waals surface area contributed by atoms with E-state index in [4.69, 9.17) is 0 Å². The molecule has 0 spiro atoms. The van der Waals surface area contributed by atoms with Gasteiger partial charge in [0, 0.05) is 18.6 Å². The number of hydrogen-bond donors (Lipinski definition) is 0. The molecule has 1 aliphatic heterocycles. The molecule has 11 heteroatoms. The van der Waals surface area contributed by atoms with Crippen LogP contribution in [-0.4, -0.2) is 11.8 Å². The van der Waals surface area contributed by atoms with Gasteiger partial charge < -0.3 is 0 Å². The summed E-state index contributed by atoms with van der Waals surface area (Å²) in [6.45, 7) is 2.06. The van der Waals surface area contributed by atoms with Gasteiger partial charge >= 0.3 is 33.0 Å². The molecule has 1 saturated heterocycles. The fourth-order valence-corrected chi connectivity index (χ4v) is 3.81. The summed E-state index contributed by atoms with van der Waals surface area (Å²) in [6.07, 6.45) is 5.25. The molecule has 2 amide bonds. The quantitative estimate of drug-likeness (QED) is 0.230. The molecule has 2 unspecified atom stereocenters. The Kier molecular flexibility index (Phi) is 5.29. The van der Waals surface area contributed by atoms with Gasteiger partial charge in [-0.15, -0.1) is 0 Å². The van der Waals surface area contributed by atoms with Gasteiger partial charge in [0.25, 0.3) is 0 Å². The number of carbonyl (C=O) groups excluding carboxylic acids is 2. The number of rotatable bonds is 2. The van der Waals surface area contributed by atoms with E-state index in [1.54, 1.807) is 0 Å². The van der Waals surface area contributed by atoms with Gasteiger partial charge in [-0.05, 0) is 31.1 Å². The molecular weight excluding hydrogens is 445 g/mol. The molecule has 0 radical (unpaired) electrons. The van der Waals surface area contributed by atoms with E-state index in [9.17, 15) is 34.8 Å². The van der Waals surface area contributed by atoms with Crippen LogP contribution in [0.25, 0.3) is 5.70 Å². The van der Waals surface area contributed by atoms with Gasteiger partial charge in [-0.1, -0.05) is 24.3 Å². The molecule has 2 atom stereocenters. The third-order valence-corrected chi connectivity index (χ3v) is 5.03. The Bertz CT molecular complexity index is 1030. The van der Waals surface area contributed by atoms with Crippen LogP contribution in [0.1, 0.15) is 19.8 Å². The number of aromatic nitrogens is 1. The molecule has 1 aromatic heterocycles. The van der Waals surface area contributed by atoms with Crippen molar-refractivity contribution in [2.75, 3.05) is 4.90 Å². The number of allylic oxidation sites excluding steroid dienone is 2. The Morgan fingerprint density at radius 3 is 1.77 bits per heavy atom. The number of fused-ring (bicyclic) bond motifs is 1. The Morgan fingerprint density at radius 2 is 1.26 bits per heavy atom. The fourth-order valence-electron chi connectivity index (χ4n) is 3.81. The van der Waals surface area contributed by atoms with Crippen LogP contribution in [0, 0.1) is 11.8 Å². The summed E-state index contributed by atoms with van der Waals surface area (Å²) >= 11 is 0. The first-order valence-corrected chi connectivity index (χ1v) is 11.3. The van der Waals surface area contributed by atoms with E-state index in [2.05, 4.69) is 11.5 Å².